The molecular weight excluding hydrogens is 472 g/mol. The van der Waals surface area contributed by atoms with Crippen LogP contribution in [0, 0.1) is 13.1 Å². The van der Waals surface area contributed by atoms with Gasteiger partial charge in [0.25, 0.3) is 0 Å². The summed E-state index contributed by atoms with van der Waals surface area (Å²) in [7, 11) is -3.59. The van der Waals surface area contributed by atoms with Crippen LogP contribution in [-0.4, -0.2) is 30.5 Å². The van der Waals surface area contributed by atoms with Crippen LogP contribution in [0.5, 0.6) is 0 Å². The Bertz CT molecular complexity index is 1460. The molecule has 1 aromatic heterocycles. The quantitative estimate of drug-likeness (QED) is 0.414. The maximum atomic E-state index is 12.6. The van der Waals surface area contributed by atoms with Gasteiger partial charge in [-0.25, -0.2) is 13.2 Å². The number of benzene rings is 3. The Labute approximate surface area is 203 Å². The minimum Gasteiger partial charge on any atom is -0.350 e. The Morgan fingerprint density at radius 3 is 2.38 bits per heavy atom. The maximum absolute atomic E-state index is 12.6. The van der Waals surface area contributed by atoms with Gasteiger partial charge in [0.05, 0.1) is 18.5 Å². The Morgan fingerprint density at radius 1 is 1.06 bits per heavy atom. The number of rotatable bonds is 6. The third-order valence-electron chi connectivity index (χ3n) is 5.27. The van der Waals surface area contributed by atoms with Crippen LogP contribution in [0.2, 0.25) is 5.02 Å². The summed E-state index contributed by atoms with van der Waals surface area (Å²) >= 11 is 6.25. The van der Waals surface area contributed by atoms with Crippen LogP contribution in [0.1, 0.15) is 11.1 Å². The second-order valence-electron chi connectivity index (χ2n) is 7.86. The summed E-state index contributed by atoms with van der Waals surface area (Å²) in [6.45, 7) is 2.06. The molecule has 173 valence electrons. The number of primary amides is 1. The van der Waals surface area contributed by atoms with E-state index in [1.807, 2.05) is 37.3 Å². The van der Waals surface area contributed by atoms with E-state index in [0.29, 0.717) is 33.1 Å². The van der Waals surface area contributed by atoms with Gasteiger partial charge in [-0.3, -0.25) is 4.31 Å². The van der Waals surface area contributed by atoms with E-state index in [2.05, 4.69) is 11.3 Å². The van der Waals surface area contributed by atoms with E-state index >= 15 is 0 Å². The Hall–Kier alpha value is -3.62. The fourth-order valence-electron chi connectivity index (χ4n) is 3.61. The SMILES string of the molecule is Cc1cccc(-c2[c]n(C(N)=O)nc2-c2ccc(N(Cc3ccccc3Cl)S(C)(=O)=O)cc2)c1. The highest BCUT2D eigenvalue weighted by Crippen LogP contribution is 2.33. The third-order valence-corrected chi connectivity index (χ3v) is 6.78. The van der Waals surface area contributed by atoms with E-state index in [4.69, 9.17) is 17.3 Å². The molecule has 0 fully saturated rings. The van der Waals surface area contributed by atoms with Gasteiger partial charge >= 0.3 is 6.03 Å². The van der Waals surface area contributed by atoms with Gasteiger partial charge < -0.3 is 5.73 Å². The second kappa shape index (κ2) is 9.32. The second-order valence-corrected chi connectivity index (χ2v) is 10.2. The van der Waals surface area contributed by atoms with Crippen molar-refractivity contribution in [1.82, 2.24) is 9.78 Å². The molecule has 1 radical (unpaired) electrons. The average Bonchev–Trinajstić information content (AvgIpc) is 3.24. The number of anilines is 1. The topological polar surface area (TPSA) is 98.3 Å². The number of amides is 1. The van der Waals surface area contributed by atoms with E-state index < -0.39 is 16.1 Å². The van der Waals surface area contributed by atoms with E-state index in [-0.39, 0.29) is 6.54 Å². The van der Waals surface area contributed by atoms with Crippen LogP contribution in [0.4, 0.5) is 10.5 Å². The number of nitrogens with zero attached hydrogens (tertiary/aromatic N) is 3. The lowest BCUT2D eigenvalue weighted by Gasteiger charge is -2.23. The highest BCUT2D eigenvalue weighted by molar-refractivity contribution is 7.92. The highest BCUT2D eigenvalue weighted by Gasteiger charge is 2.21. The van der Waals surface area contributed by atoms with Crippen LogP contribution in [0.3, 0.4) is 0 Å². The molecule has 0 bridgehead atoms. The van der Waals surface area contributed by atoms with Gasteiger partial charge in [0.2, 0.25) is 10.0 Å². The van der Waals surface area contributed by atoms with Crippen molar-refractivity contribution in [2.24, 2.45) is 5.73 Å². The number of aryl methyl sites for hydroxylation is 1. The molecule has 0 spiro atoms. The molecule has 9 heteroatoms. The lowest BCUT2D eigenvalue weighted by atomic mass is 10.0. The molecule has 4 rings (SSSR count). The van der Waals surface area contributed by atoms with E-state index in [1.54, 1.807) is 42.5 Å². The summed E-state index contributed by atoms with van der Waals surface area (Å²) in [6.07, 6.45) is 4.08. The van der Waals surface area contributed by atoms with Crippen LogP contribution < -0.4 is 10.0 Å². The zero-order valence-electron chi connectivity index (χ0n) is 18.6. The fraction of sp³-hybridized carbons (Fsp3) is 0.120. The first-order valence-electron chi connectivity index (χ1n) is 10.3. The van der Waals surface area contributed by atoms with Crippen molar-refractivity contribution in [3.8, 4) is 22.4 Å². The van der Waals surface area contributed by atoms with Gasteiger partial charge in [0.1, 0.15) is 11.9 Å². The number of nitrogens with two attached hydrogens (primary N) is 1. The van der Waals surface area contributed by atoms with Gasteiger partial charge in [-0.2, -0.15) is 9.78 Å². The van der Waals surface area contributed by atoms with Crippen molar-refractivity contribution >= 4 is 33.3 Å². The number of carbonyl (C=O) groups is 1. The molecule has 0 aliphatic heterocycles. The monoisotopic (exact) mass is 493 g/mol. The van der Waals surface area contributed by atoms with E-state index in [0.717, 1.165) is 22.1 Å². The van der Waals surface area contributed by atoms with Gasteiger partial charge in [0.15, 0.2) is 0 Å². The van der Waals surface area contributed by atoms with Gasteiger partial charge in [-0.1, -0.05) is 71.8 Å². The first kappa shape index (κ1) is 23.5. The highest BCUT2D eigenvalue weighted by atomic mass is 35.5. The summed E-state index contributed by atoms with van der Waals surface area (Å²) in [6, 6.07) is 21.0. The molecule has 2 N–H and O–H groups in total. The van der Waals surface area contributed by atoms with Gasteiger partial charge in [-0.15, -0.1) is 0 Å². The molecule has 0 saturated carbocycles. The van der Waals surface area contributed by atoms with E-state index in [1.165, 1.54) is 4.31 Å². The zero-order valence-corrected chi connectivity index (χ0v) is 20.1. The minimum absolute atomic E-state index is 0.0937. The molecule has 3 aromatic carbocycles. The largest absolute Gasteiger partial charge is 0.350 e. The van der Waals surface area contributed by atoms with Crippen LogP contribution in [0.25, 0.3) is 22.4 Å². The molecule has 0 aliphatic carbocycles. The molecule has 0 saturated heterocycles. The standard InChI is InChI=1S/C25H22ClN4O3S/c1-17-6-5-8-19(14-17)22-16-29(25(27)31)28-24(22)18-10-12-21(13-11-18)30(34(2,32)33)15-20-7-3-4-9-23(20)26/h3-14H,15H2,1-2H3,(H2,27,31). The lowest BCUT2D eigenvalue weighted by molar-refractivity contribution is 0.247. The number of hydrogen-bond donors (Lipinski definition) is 1. The molecule has 7 nitrogen and oxygen atoms in total. The van der Waals surface area contributed by atoms with Crippen molar-refractivity contribution in [1.29, 1.82) is 0 Å². The zero-order chi connectivity index (χ0) is 24.5. The molecule has 0 unspecified atom stereocenters. The van der Waals surface area contributed by atoms with Crippen molar-refractivity contribution in [2.45, 2.75) is 13.5 Å². The first-order chi connectivity index (χ1) is 16.1. The molecule has 34 heavy (non-hydrogen) atoms. The number of halogens is 1. The predicted octanol–water partition coefficient (Wildman–Crippen LogP) is 4.87. The summed E-state index contributed by atoms with van der Waals surface area (Å²) in [5.41, 5.74) is 10.3. The molecule has 1 amide bonds. The van der Waals surface area contributed by atoms with Crippen LogP contribution >= 0.6 is 11.6 Å². The molecule has 0 atom stereocenters. The summed E-state index contributed by atoms with van der Waals surface area (Å²) in [4.78, 5) is 11.8. The number of carbonyl (C=O) groups excluding carboxylic acids is 1. The summed E-state index contributed by atoms with van der Waals surface area (Å²) in [5.74, 6) is 0. The van der Waals surface area contributed by atoms with Crippen molar-refractivity contribution in [2.75, 3.05) is 10.6 Å². The molecular formula is C25H22ClN4O3S. The van der Waals surface area contributed by atoms with Crippen LogP contribution in [-0.2, 0) is 16.6 Å². The minimum atomic E-state index is -3.59. The Kier molecular flexibility index (Phi) is 6.45. The van der Waals surface area contributed by atoms with Gasteiger partial charge in [0, 0.05) is 16.1 Å². The third kappa shape index (κ3) is 4.98. The number of sulfonamides is 1. The summed E-state index contributed by atoms with van der Waals surface area (Å²) < 4.78 is 27.4. The van der Waals surface area contributed by atoms with Crippen molar-refractivity contribution in [3.63, 3.8) is 0 Å². The lowest BCUT2D eigenvalue weighted by Crippen LogP contribution is -2.29. The normalized spacial score (nSPS) is 11.4. The smallest absolute Gasteiger partial charge is 0.340 e. The number of aromatic nitrogens is 2. The average molecular weight is 494 g/mol. The van der Waals surface area contributed by atoms with Gasteiger partial charge in [-0.05, 0) is 36.2 Å². The van der Waals surface area contributed by atoms with Crippen molar-refractivity contribution in [3.05, 3.63) is 95.1 Å². The first-order valence-corrected chi connectivity index (χ1v) is 12.6. The molecule has 0 aliphatic rings. The maximum Gasteiger partial charge on any atom is 0.340 e. The Balaban J connectivity index is 1.75. The molecule has 1 heterocycles. The fourth-order valence-corrected chi connectivity index (χ4v) is 4.68. The van der Waals surface area contributed by atoms with Crippen LogP contribution in [0.15, 0.2) is 72.8 Å². The number of hydrogen-bond acceptors (Lipinski definition) is 4. The van der Waals surface area contributed by atoms with Crippen molar-refractivity contribution < 1.29 is 13.2 Å². The Morgan fingerprint density at radius 2 is 1.76 bits per heavy atom. The predicted molar refractivity (Wildman–Crippen MR) is 134 cm³/mol. The molecule has 4 aromatic rings. The summed E-state index contributed by atoms with van der Waals surface area (Å²) in [5, 5.41) is 4.81. The van der Waals surface area contributed by atoms with E-state index in [9.17, 15) is 13.2 Å².